The topological polar surface area (TPSA) is 49.8 Å². The molecule has 2 fully saturated rings. The average Bonchev–Trinajstić information content (AvgIpc) is 3.10. The van der Waals surface area contributed by atoms with Gasteiger partial charge in [0.1, 0.15) is 0 Å². The molecule has 0 spiro atoms. The van der Waals surface area contributed by atoms with E-state index in [1.54, 1.807) is 6.07 Å². The van der Waals surface area contributed by atoms with Crippen molar-refractivity contribution in [3.05, 3.63) is 29.6 Å². The molecule has 1 unspecified atom stereocenters. The Hall–Kier alpha value is -1.62. The van der Waals surface area contributed by atoms with Crippen molar-refractivity contribution >= 4 is 5.97 Å². The first-order valence-corrected chi connectivity index (χ1v) is 7.37. The van der Waals surface area contributed by atoms with Crippen LogP contribution in [0.5, 0.6) is 5.75 Å². The van der Waals surface area contributed by atoms with Gasteiger partial charge >= 0.3 is 5.97 Å². The summed E-state index contributed by atoms with van der Waals surface area (Å²) in [6, 6.07) is 5.15. The SMILES string of the molecule is COc1ccc(C2CCCN2CC2(C(=O)O)CC2)cc1F. The molecule has 5 heteroatoms. The monoisotopic (exact) mass is 293 g/mol. The zero-order valence-electron chi connectivity index (χ0n) is 12.1. The Bertz CT molecular complexity index is 556. The van der Waals surface area contributed by atoms with E-state index in [4.69, 9.17) is 4.74 Å². The lowest BCUT2D eigenvalue weighted by molar-refractivity contribution is -0.144. The highest BCUT2D eigenvalue weighted by atomic mass is 19.1. The lowest BCUT2D eigenvalue weighted by Crippen LogP contribution is -2.34. The zero-order valence-corrected chi connectivity index (χ0v) is 12.1. The molecular weight excluding hydrogens is 273 g/mol. The summed E-state index contributed by atoms with van der Waals surface area (Å²) in [5.41, 5.74) is 0.347. The van der Waals surface area contributed by atoms with E-state index >= 15 is 0 Å². The molecule has 4 nitrogen and oxygen atoms in total. The molecule has 1 aliphatic carbocycles. The molecule has 1 aromatic carbocycles. The van der Waals surface area contributed by atoms with Crippen LogP contribution >= 0.6 is 0 Å². The van der Waals surface area contributed by atoms with Crippen LogP contribution in [0.3, 0.4) is 0 Å². The zero-order chi connectivity index (χ0) is 15.0. The van der Waals surface area contributed by atoms with Gasteiger partial charge in [0.2, 0.25) is 0 Å². The molecule has 1 aliphatic heterocycles. The van der Waals surface area contributed by atoms with Crippen LogP contribution in [0.4, 0.5) is 4.39 Å². The number of carboxylic acid groups (broad SMARTS) is 1. The second kappa shape index (κ2) is 5.30. The van der Waals surface area contributed by atoms with E-state index in [1.807, 2.05) is 6.07 Å². The molecule has 1 saturated carbocycles. The van der Waals surface area contributed by atoms with Gasteiger partial charge in [0, 0.05) is 12.6 Å². The fourth-order valence-corrected chi connectivity index (χ4v) is 3.26. The predicted molar refractivity (Wildman–Crippen MR) is 75.8 cm³/mol. The molecule has 114 valence electrons. The molecule has 0 aromatic heterocycles. The Morgan fingerprint density at radius 2 is 2.29 bits per heavy atom. The summed E-state index contributed by atoms with van der Waals surface area (Å²) in [5.74, 6) is -0.817. The highest BCUT2D eigenvalue weighted by molar-refractivity contribution is 5.78. The Morgan fingerprint density at radius 3 is 2.86 bits per heavy atom. The van der Waals surface area contributed by atoms with Crippen molar-refractivity contribution in [2.75, 3.05) is 20.2 Å². The Labute approximate surface area is 123 Å². The fourth-order valence-electron chi connectivity index (χ4n) is 3.26. The number of methoxy groups -OCH3 is 1. The van der Waals surface area contributed by atoms with Crippen LogP contribution in [0.25, 0.3) is 0 Å². The third-order valence-corrected chi connectivity index (χ3v) is 4.74. The highest BCUT2D eigenvalue weighted by Gasteiger charge is 2.52. The first-order valence-electron chi connectivity index (χ1n) is 7.37. The van der Waals surface area contributed by atoms with Crippen molar-refractivity contribution in [2.45, 2.75) is 31.7 Å². The summed E-state index contributed by atoms with van der Waals surface area (Å²) < 4.78 is 18.8. The Kier molecular flexibility index (Phi) is 3.61. The van der Waals surface area contributed by atoms with Gasteiger partial charge in [0.05, 0.1) is 12.5 Å². The van der Waals surface area contributed by atoms with Crippen LogP contribution in [0.15, 0.2) is 18.2 Å². The molecule has 1 N–H and O–H groups in total. The van der Waals surface area contributed by atoms with Crippen molar-refractivity contribution < 1.29 is 19.0 Å². The fraction of sp³-hybridized carbons (Fsp3) is 0.562. The third kappa shape index (κ3) is 2.62. The van der Waals surface area contributed by atoms with Crippen LogP contribution in [-0.4, -0.2) is 36.2 Å². The van der Waals surface area contributed by atoms with Gasteiger partial charge < -0.3 is 9.84 Å². The van der Waals surface area contributed by atoms with Crippen molar-refractivity contribution in [2.24, 2.45) is 5.41 Å². The lowest BCUT2D eigenvalue weighted by atomic mass is 10.0. The van der Waals surface area contributed by atoms with E-state index in [9.17, 15) is 14.3 Å². The quantitative estimate of drug-likeness (QED) is 0.907. The molecular formula is C16H20FNO3. The van der Waals surface area contributed by atoms with Gasteiger partial charge in [-0.15, -0.1) is 0 Å². The Morgan fingerprint density at radius 1 is 1.52 bits per heavy atom. The molecule has 1 saturated heterocycles. The van der Waals surface area contributed by atoms with E-state index < -0.39 is 11.4 Å². The van der Waals surface area contributed by atoms with E-state index in [0.717, 1.165) is 37.8 Å². The number of rotatable bonds is 5. The van der Waals surface area contributed by atoms with Crippen molar-refractivity contribution in [1.82, 2.24) is 4.90 Å². The number of benzene rings is 1. The van der Waals surface area contributed by atoms with Gasteiger partial charge in [0.25, 0.3) is 0 Å². The number of aliphatic carboxylic acids is 1. The van der Waals surface area contributed by atoms with E-state index in [-0.39, 0.29) is 17.6 Å². The number of carbonyl (C=O) groups is 1. The summed E-state index contributed by atoms with van der Waals surface area (Å²) in [6.07, 6.45) is 3.47. The number of likely N-dealkylation sites (tertiary alicyclic amines) is 1. The minimum atomic E-state index is -0.700. The van der Waals surface area contributed by atoms with Gasteiger partial charge in [-0.1, -0.05) is 6.07 Å². The lowest BCUT2D eigenvalue weighted by Gasteiger charge is -2.27. The second-order valence-electron chi connectivity index (χ2n) is 6.11. The molecule has 1 heterocycles. The van der Waals surface area contributed by atoms with E-state index in [0.29, 0.717) is 6.54 Å². The molecule has 0 radical (unpaired) electrons. The van der Waals surface area contributed by atoms with Crippen LogP contribution < -0.4 is 4.74 Å². The van der Waals surface area contributed by atoms with Gasteiger partial charge in [0.15, 0.2) is 11.6 Å². The molecule has 0 amide bonds. The van der Waals surface area contributed by atoms with Gasteiger partial charge in [-0.25, -0.2) is 4.39 Å². The maximum Gasteiger partial charge on any atom is 0.310 e. The molecule has 1 atom stereocenters. The molecule has 21 heavy (non-hydrogen) atoms. The Balaban J connectivity index is 1.78. The van der Waals surface area contributed by atoms with Crippen molar-refractivity contribution in [1.29, 1.82) is 0 Å². The molecule has 3 rings (SSSR count). The minimum Gasteiger partial charge on any atom is -0.494 e. The summed E-state index contributed by atoms with van der Waals surface area (Å²) >= 11 is 0. The maximum absolute atomic E-state index is 13.9. The standard InChI is InChI=1S/C16H20FNO3/c1-21-14-5-4-11(9-12(14)17)13-3-2-8-18(13)10-16(6-7-16)15(19)20/h4-5,9,13H,2-3,6-8,10H2,1H3,(H,19,20). The van der Waals surface area contributed by atoms with E-state index in [1.165, 1.54) is 13.2 Å². The number of halogens is 1. The smallest absolute Gasteiger partial charge is 0.310 e. The average molecular weight is 293 g/mol. The van der Waals surface area contributed by atoms with Crippen LogP contribution in [0.2, 0.25) is 0 Å². The normalized spacial score (nSPS) is 24.0. The maximum atomic E-state index is 13.9. The number of nitrogens with zero attached hydrogens (tertiary/aromatic N) is 1. The first kappa shape index (κ1) is 14.3. The summed E-state index contributed by atoms with van der Waals surface area (Å²) in [5, 5.41) is 9.33. The van der Waals surface area contributed by atoms with Crippen LogP contribution in [0, 0.1) is 11.2 Å². The predicted octanol–water partition coefficient (Wildman–Crippen LogP) is 2.84. The third-order valence-electron chi connectivity index (χ3n) is 4.74. The van der Waals surface area contributed by atoms with Gasteiger partial charge in [-0.2, -0.15) is 0 Å². The minimum absolute atomic E-state index is 0.113. The number of carboxylic acids is 1. The highest BCUT2D eigenvalue weighted by Crippen LogP contribution is 2.49. The van der Waals surface area contributed by atoms with Gasteiger partial charge in [-0.05, 0) is 49.9 Å². The molecule has 2 aliphatic rings. The number of ether oxygens (including phenoxy) is 1. The largest absolute Gasteiger partial charge is 0.494 e. The van der Waals surface area contributed by atoms with E-state index in [2.05, 4.69) is 4.90 Å². The van der Waals surface area contributed by atoms with Crippen LogP contribution in [0.1, 0.15) is 37.3 Å². The van der Waals surface area contributed by atoms with Crippen molar-refractivity contribution in [3.8, 4) is 5.75 Å². The summed E-state index contributed by atoms with van der Waals surface area (Å²) in [6.45, 7) is 1.45. The van der Waals surface area contributed by atoms with Gasteiger partial charge in [-0.3, -0.25) is 9.69 Å². The van der Waals surface area contributed by atoms with Crippen molar-refractivity contribution in [3.63, 3.8) is 0 Å². The first-order chi connectivity index (χ1) is 10.1. The number of hydrogen-bond donors (Lipinski definition) is 1. The molecule has 1 aromatic rings. The summed E-state index contributed by atoms with van der Waals surface area (Å²) in [7, 11) is 1.45. The second-order valence-corrected chi connectivity index (χ2v) is 6.11. The van der Waals surface area contributed by atoms with Crippen LogP contribution in [-0.2, 0) is 4.79 Å². The number of hydrogen-bond acceptors (Lipinski definition) is 3. The summed E-state index contributed by atoms with van der Waals surface area (Å²) in [4.78, 5) is 13.5. The molecule has 0 bridgehead atoms.